The molecule has 19 heavy (non-hydrogen) atoms. The molecule has 0 radical (unpaired) electrons. The maximum absolute atomic E-state index is 5.41. The second kappa shape index (κ2) is 7.56. The molecule has 0 aromatic heterocycles. The first kappa shape index (κ1) is 13.6. The van der Waals surface area contributed by atoms with E-state index in [4.69, 9.17) is 9.47 Å². The highest BCUT2D eigenvalue weighted by molar-refractivity contribution is 5.94. The molecule has 0 saturated heterocycles. The molecule has 0 aliphatic carbocycles. The van der Waals surface area contributed by atoms with Gasteiger partial charge < -0.3 is 9.47 Å². The third-order valence-electron chi connectivity index (χ3n) is 2.77. The molecule has 0 atom stereocenters. The zero-order valence-electron chi connectivity index (χ0n) is 11.3. The molecule has 0 N–H and O–H groups in total. The van der Waals surface area contributed by atoms with Gasteiger partial charge in [-0.15, -0.1) is 0 Å². The Morgan fingerprint density at radius 1 is 0.895 bits per heavy atom. The molecule has 3 rings (SSSR count). The summed E-state index contributed by atoms with van der Waals surface area (Å²) in [5.74, 6) is 1.63. The minimum absolute atomic E-state index is 0.793. The van der Waals surface area contributed by atoms with Crippen molar-refractivity contribution >= 4 is 11.8 Å². The molecule has 2 aliphatic heterocycles. The number of rotatable bonds is 1. The minimum atomic E-state index is 0.793. The van der Waals surface area contributed by atoms with Gasteiger partial charge in [0.15, 0.2) is 5.90 Å². The Morgan fingerprint density at radius 3 is 2.05 bits per heavy atom. The molecule has 2 heterocycles. The third-order valence-corrected chi connectivity index (χ3v) is 2.77. The van der Waals surface area contributed by atoms with Crippen molar-refractivity contribution in [3.8, 4) is 0 Å². The van der Waals surface area contributed by atoms with E-state index in [0.717, 1.165) is 56.5 Å². The lowest BCUT2D eigenvalue weighted by Crippen LogP contribution is -2.14. The van der Waals surface area contributed by atoms with Crippen molar-refractivity contribution in [2.24, 2.45) is 9.98 Å². The zero-order valence-corrected chi connectivity index (χ0v) is 11.3. The van der Waals surface area contributed by atoms with Gasteiger partial charge in [-0.1, -0.05) is 18.2 Å². The van der Waals surface area contributed by atoms with E-state index in [-0.39, 0.29) is 0 Å². The number of nitrogens with zero attached hydrogens (tertiary/aromatic N) is 2. The summed E-state index contributed by atoms with van der Waals surface area (Å²) in [7, 11) is 0. The maximum atomic E-state index is 5.41. The second-order valence-corrected chi connectivity index (χ2v) is 4.36. The number of ether oxygens (including phenoxy) is 2. The van der Waals surface area contributed by atoms with Gasteiger partial charge >= 0.3 is 0 Å². The Bertz CT molecular complexity index is 441. The highest BCUT2D eigenvalue weighted by atomic mass is 16.5. The van der Waals surface area contributed by atoms with Crippen molar-refractivity contribution in [3.05, 3.63) is 35.9 Å². The molecule has 2 aliphatic rings. The lowest BCUT2D eigenvalue weighted by atomic mass is 10.2. The van der Waals surface area contributed by atoms with E-state index >= 15 is 0 Å². The van der Waals surface area contributed by atoms with E-state index in [9.17, 15) is 0 Å². The standard InChI is InChI=1S/C10H11NO.C5H9NO/c1-2-5-9(6-3-1)10-11-7-4-8-12-10;1-5-6-3-2-4-7-5/h1-3,5-6H,4,7-8H2;2-4H2,1H3. The van der Waals surface area contributed by atoms with E-state index in [1.54, 1.807) is 0 Å². The summed E-state index contributed by atoms with van der Waals surface area (Å²) in [5.41, 5.74) is 1.08. The van der Waals surface area contributed by atoms with Gasteiger partial charge in [0.05, 0.1) is 13.2 Å². The highest BCUT2D eigenvalue weighted by Gasteiger charge is 2.07. The largest absolute Gasteiger partial charge is 0.481 e. The monoisotopic (exact) mass is 260 g/mol. The van der Waals surface area contributed by atoms with Crippen LogP contribution in [0, 0.1) is 0 Å². The van der Waals surface area contributed by atoms with E-state index in [2.05, 4.69) is 9.98 Å². The van der Waals surface area contributed by atoms with Crippen molar-refractivity contribution in [3.63, 3.8) is 0 Å². The molecule has 0 unspecified atom stereocenters. The van der Waals surface area contributed by atoms with Gasteiger partial charge in [-0.3, -0.25) is 9.98 Å². The molecule has 0 spiro atoms. The van der Waals surface area contributed by atoms with Crippen LogP contribution in [0.2, 0.25) is 0 Å². The quantitative estimate of drug-likeness (QED) is 0.779. The smallest absolute Gasteiger partial charge is 0.216 e. The van der Waals surface area contributed by atoms with Crippen LogP contribution in [0.5, 0.6) is 0 Å². The molecule has 0 fully saturated rings. The van der Waals surface area contributed by atoms with E-state index in [1.807, 2.05) is 37.3 Å². The Labute approximate surface area is 114 Å². The summed E-state index contributed by atoms with van der Waals surface area (Å²) in [6.45, 7) is 5.39. The lowest BCUT2D eigenvalue weighted by molar-refractivity contribution is 0.280. The van der Waals surface area contributed by atoms with Gasteiger partial charge in [0.1, 0.15) is 0 Å². The molecule has 0 bridgehead atoms. The number of aliphatic imine (C=N–C) groups is 2. The van der Waals surface area contributed by atoms with Crippen molar-refractivity contribution in [1.29, 1.82) is 0 Å². The summed E-state index contributed by atoms with van der Waals surface area (Å²) in [4.78, 5) is 8.32. The fraction of sp³-hybridized carbons (Fsp3) is 0.467. The van der Waals surface area contributed by atoms with Gasteiger partial charge in [0.25, 0.3) is 0 Å². The Hall–Kier alpha value is -1.84. The van der Waals surface area contributed by atoms with Crippen LogP contribution in [0.15, 0.2) is 40.3 Å². The number of hydrogen-bond acceptors (Lipinski definition) is 4. The highest BCUT2D eigenvalue weighted by Crippen LogP contribution is 2.06. The van der Waals surface area contributed by atoms with Crippen LogP contribution in [0.3, 0.4) is 0 Å². The SMILES string of the molecule is CC1=NCCCO1.c1ccc(C2=NCCCO2)cc1. The van der Waals surface area contributed by atoms with Crippen LogP contribution in [0.1, 0.15) is 25.3 Å². The third kappa shape index (κ3) is 4.73. The molecule has 0 amide bonds. The second-order valence-electron chi connectivity index (χ2n) is 4.36. The molecule has 4 nitrogen and oxygen atoms in total. The van der Waals surface area contributed by atoms with Crippen LogP contribution < -0.4 is 0 Å². The van der Waals surface area contributed by atoms with Crippen LogP contribution in [-0.4, -0.2) is 38.1 Å². The molecule has 1 aromatic rings. The van der Waals surface area contributed by atoms with E-state index < -0.39 is 0 Å². The lowest BCUT2D eigenvalue weighted by Gasteiger charge is -2.13. The molecule has 0 saturated carbocycles. The zero-order chi connectivity index (χ0) is 13.3. The Balaban J connectivity index is 0.000000163. The molecule has 102 valence electrons. The summed E-state index contributed by atoms with van der Waals surface area (Å²) in [6.07, 6.45) is 2.12. The first-order valence-electron chi connectivity index (χ1n) is 6.73. The van der Waals surface area contributed by atoms with Crippen LogP contribution in [0.4, 0.5) is 0 Å². The predicted molar refractivity (Wildman–Crippen MR) is 77.0 cm³/mol. The van der Waals surface area contributed by atoms with Crippen molar-refractivity contribution < 1.29 is 9.47 Å². The Kier molecular flexibility index (Phi) is 5.41. The van der Waals surface area contributed by atoms with Gasteiger partial charge in [-0.05, 0) is 12.1 Å². The van der Waals surface area contributed by atoms with Crippen molar-refractivity contribution in [1.82, 2.24) is 0 Å². The summed E-state index contributed by atoms with van der Waals surface area (Å²) in [5, 5.41) is 0. The average Bonchev–Trinajstić information content (AvgIpc) is 2.51. The predicted octanol–water partition coefficient (Wildman–Crippen LogP) is 2.68. The average molecular weight is 260 g/mol. The summed E-state index contributed by atoms with van der Waals surface area (Å²) >= 11 is 0. The van der Waals surface area contributed by atoms with E-state index in [1.165, 1.54) is 0 Å². The summed E-state index contributed by atoms with van der Waals surface area (Å²) < 4.78 is 10.4. The van der Waals surface area contributed by atoms with Crippen LogP contribution in [-0.2, 0) is 9.47 Å². The topological polar surface area (TPSA) is 43.2 Å². The fourth-order valence-electron chi connectivity index (χ4n) is 1.78. The van der Waals surface area contributed by atoms with Crippen LogP contribution in [0.25, 0.3) is 0 Å². The molecule has 4 heteroatoms. The number of hydrogen-bond donors (Lipinski definition) is 0. The van der Waals surface area contributed by atoms with Crippen LogP contribution >= 0.6 is 0 Å². The normalized spacial score (nSPS) is 17.9. The van der Waals surface area contributed by atoms with Gasteiger partial charge in [0.2, 0.25) is 5.90 Å². The maximum Gasteiger partial charge on any atom is 0.216 e. The van der Waals surface area contributed by atoms with Gasteiger partial charge in [0, 0.05) is 38.4 Å². The van der Waals surface area contributed by atoms with Crippen molar-refractivity contribution in [2.75, 3.05) is 26.3 Å². The Morgan fingerprint density at radius 2 is 1.58 bits per heavy atom. The summed E-state index contributed by atoms with van der Waals surface area (Å²) in [6, 6.07) is 10.0. The van der Waals surface area contributed by atoms with Gasteiger partial charge in [-0.2, -0.15) is 0 Å². The van der Waals surface area contributed by atoms with Crippen molar-refractivity contribution in [2.45, 2.75) is 19.8 Å². The molecular formula is C15H20N2O2. The molecular weight excluding hydrogens is 240 g/mol. The first-order valence-corrected chi connectivity index (χ1v) is 6.73. The fourth-order valence-corrected chi connectivity index (χ4v) is 1.78. The minimum Gasteiger partial charge on any atom is -0.481 e. The van der Waals surface area contributed by atoms with Gasteiger partial charge in [-0.25, -0.2) is 0 Å². The number of benzene rings is 1. The van der Waals surface area contributed by atoms with E-state index in [0.29, 0.717) is 0 Å². The first-order chi connectivity index (χ1) is 9.36. The molecule has 1 aromatic carbocycles.